The second-order valence-corrected chi connectivity index (χ2v) is 10.6. The molecule has 0 saturated heterocycles. The number of fused-ring (bicyclic) bond motifs is 1. The third kappa shape index (κ3) is 6.13. The maximum Gasteiger partial charge on any atom is 0.227 e. The number of nitrogens with zero attached hydrogens (tertiary/aromatic N) is 1. The van der Waals surface area contributed by atoms with Crippen molar-refractivity contribution in [2.75, 3.05) is 19.5 Å². The fraction of sp³-hybridized carbons (Fsp3) is 0.552. The van der Waals surface area contributed by atoms with E-state index in [1.54, 1.807) is 14.2 Å². The van der Waals surface area contributed by atoms with E-state index in [4.69, 9.17) is 14.5 Å². The molecule has 3 aliphatic rings. The Morgan fingerprint density at radius 1 is 0.838 bits per heavy atom. The Hall–Kier alpha value is -2.97. The molecular formula is C29H38N4O4. The fourth-order valence-electron chi connectivity index (χ4n) is 5.80. The molecule has 3 N–H and O–H groups in total. The number of imidazole rings is 1. The average molecular weight is 507 g/mol. The Kier molecular flexibility index (Phi) is 8.05. The number of aromatic amines is 1. The number of hydrogen-bond acceptors (Lipinski definition) is 5. The summed E-state index contributed by atoms with van der Waals surface area (Å²) in [5.74, 6) is 1.14. The summed E-state index contributed by atoms with van der Waals surface area (Å²) in [5.41, 5.74) is 4.61. The third-order valence-electron chi connectivity index (χ3n) is 8.24. The minimum Gasteiger partial charge on any atom is -0.381 e. The number of aromatic nitrogens is 2. The first-order valence-electron chi connectivity index (χ1n) is 13.6. The lowest BCUT2D eigenvalue weighted by molar-refractivity contribution is -0.126. The molecule has 2 amide bonds. The quantitative estimate of drug-likeness (QED) is 0.485. The highest BCUT2D eigenvalue weighted by Gasteiger charge is 2.28. The molecule has 2 fully saturated rings. The van der Waals surface area contributed by atoms with Crippen LogP contribution in [0.15, 0.2) is 36.0 Å². The Morgan fingerprint density at radius 2 is 1.46 bits per heavy atom. The number of allylic oxidation sites excluding steroid dienone is 4. The molecule has 0 bridgehead atoms. The molecule has 8 nitrogen and oxygen atoms in total. The fourth-order valence-corrected chi connectivity index (χ4v) is 5.80. The zero-order chi connectivity index (χ0) is 25.8. The van der Waals surface area contributed by atoms with E-state index in [9.17, 15) is 9.59 Å². The van der Waals surface area contributed by atoms with Crippen LogP contribution in [0.5, 0.6) is 0 Å². The Morgan fingerprint density at radius 3 is 2.03 bits per heavy atom. The molecule has 2 saturated carbocycles. The smallest absolute Gasteiger partial charge is 0.227 e. The summed E-state index contributed by atoms with van der Waals surface area (Å²) in [7, 11) is 3.49. The van der Waals surface area contributed by atoms with Gasteiger partial charge in [-0.2, -0.15) is 0 Å². The number of H-pyrrole nitrogens is 1. The van der Waals surface area contributed by atoms with Gasteiger partial charge in [-0.15, -0.1) is 0 Å². The summed E-state index contributed by atoms with van der Waals surface area (Å²) in [6, 6.07) is 5.80. The van der Waals surface area contributed by atoms with Crippen molar-refractivity contribution >= 4 is 34.1 Å². The predicted molar refractivity (Wildman–Crippen MR) is 144 cm³/mol. The summed E-state index contributed by atoms with van der Waals surface area (Å²) < 4.78 is 10.8. The first-order chi connectivity index (χ1) is 18.0. The van der Waals surface area contributed by atoms with Crippen molar-refractivity contribution < 1.29 is 19.1 Å². The number of anilines is 1. The number of amides is 2. The van der Waals surface area contributed by atoms with Gasteiger partial charge in [-0.05, 0) is 94.1 Å². The maximum absolute atomic E-state index is 12.8. The number of ether oxygens (including phenoxy) is 2. The van der Waals surface area contributed by atoms with Gasteiger partial charge < -0.3 is 25.1 Å². The highest BCUT2D eigenvalue weighted by atomic mass is 16.5. The van der Waals surface area contributed by atoms with Crippen molar-refractivity contribution in [1.29, 1.82) is 0 Å². The van der Waals surface area contributed by atoms with Crippen LogP contribution in [-0.4, -0.2) is 48.2 Å². The van der Waals surface area contributed by atoms with Gasteiger partial charge in [0.1, 0.15) is 5.82 Å². The summed E-state index contributed by atoms with van der Waals surface area (Å²) in [5, 5.41) is 6.22. The summed E-state index contributed by atoms with van der Waals surface area (Å²) >= 11 is 0. The topological polar surface area (TPSA) is 105 Å². The van der Waals surface area contributed by atoms with Gasteiger partial charge in [0.15, 0.2) is 0 Å². The second-order valence-electron chi connectivity index (χ2n) is 10.6. The van der Waals surface area contributed by atoms with Gasteiger partial charge in [0.2, 0.25) is 11.8 Å². The standard InChI is InChI=1S/C29H38N4O4/c1-36-23-12-5-19(6-13-23)28(34)30-21-9-3-18(4-10-21)27-32-25-16-11-22(17-26(25)33-27)31-29(35)20-7-14-24(37-2)15-8-20/h3,9,11,16-17,19-20,23-24H,4-8,10,12-15H2,1-2H3,(H,30,34)(H,31,35)(H,32,33). The van der Waals surface area contributed by atoms with E-state index in [1.807, 2.05) is 30.4 Å². The molecule has 0 radical (unpaired) electrons. The SMILES string of the molecule is COC1CCC(C(=O)NC2=CC=C(c3nc4ccc(NC(=O)C5CCC(OC)CC5)cc4[nH]3)CC2)CC1. The van der Waals surface area contributed by atoms with E-state index in [1.165, 1.54) is 0 Å². The number of hydrogen-bond donors (Lipinski definition) is 3. The Labute approximate surface area is 218 Å². The molecule has 1 aromatic carbocycles. The first kappa shape index (κ1) is 25.7. The predicted octanol–water partition coefficient (Wildman–Crippen LogP) is 5.09. The number of carbonyl (C=O) groups excluding carboxylic acids is 2. The Balaban J connectivity index is 1.19. The van der Waals surface area contributed by atoms with Crippen molar-refractivity contribution in [3.63, 3.8) is 0 Å². The molecule has 198 valence electrons. The van der Waals surface area contributed by atoms with Crippen LogP contribution in [0.2, 0.25) is 0 Å². The van der Waals surface area contributed by atoms with Crippen LogP contribution in [0.4, 0.5) is 5.69 Å². The van der Waals surface area contributed by atoms with E-state index in [0.717, 1.165) is 98.0 Å². The molecule has 8 heteroatoms. The second kappa shape index (κ2) is 11.6. The van der Waals surface area contributed by atoms with Crippen LogP contribution in [0, 0.1) is 11.8 Å². The number of methoxy groups -OCH3 is 2. The molecule has 1 aromatic heterocycles. The van der Waals surface area contributed by atoms with Crippen molar-refractivity contribution in [1.82, 2.24) is 15.3 Å². The molecule has 0 unspecified atom stereocenters. The zero-order valence-electron chi connectivity index (χ0n) is 21.8. The van der Waals surface area contributed by atoms with Crippen LogP contribution in [0.1, 0.15) is 70.0 Å². The van der Waals surface area contributed by atoms with E-state index in [0.29, 0.717) is 6.10 Å². The zero-order valence-corrected chi connectivity index (χ0v) is 21.8. The number of carbonyl (C=O) groups is 2. The number of benzene rings is 1. The van der Waals surface area contributed by atoms with Gasteiger partial charge in [-0.3, -0.25) is 9.59 Å². The minimum absolute atomic E-state index is 0.0358. The van der Waals surface area contributed by atoms with Gasteiger partial charge in [0.25, 0.3) is 0 Å². The van der Waals surface area contributed by atoms with Crippen LogP contribution >= 0.6 is 0 Å². The van der Waals surface area contributed by atoms with Gasteiger partial charge in [0, 0.05) is 37.4 Å². The molecule has 2 aromatic rings. The van der Waals surface area contributed by atoms with Gasteiger partial charge >= 0.3 is 0 Å². The van der Waals surface area contributed by atoms with Gasteiger partial charge in [-0.25, -0.2) is 4.98 Å². The van der Waals surface area contributed by atoms with Crippen LogP contribution in [0.25, 0.3) is 16.6 Å². The van der Waals surface area contributed by atoms with Crippen molar-refractivity contribution in [2.45, 2.75) is 76.4 Å². The Bertz CT molecular complexity index is 1180. The van der Waals surface area contributed by atoms with Gasteiger partial charge in [0.05, 0.1) is 23.2 Å². The molecule has 5 rings (SSSR count). The van der Waals surface area contributed by atoms with E-state index in [-0.39, 0.29) is 29.8 Å². The van der Waals surface area contributed by atoms with Crippen LogP contribution in [-0.2, 0) is 19.1 Å². The molecule has 0 atom stereocenters. The van der Waals surface area contributed by atoms with E-state index in [2.05, 4.69) is 15.6 Å². The lowest BCUT2D eigenvalue weighted by Gasteiger charge is -2.27. The molecule has 1 heterocycles. The minimum atomic E-state index is 0.0358. The summed E-state index contributed by atoms with van der Waals surface area (Å²) in [6.45, 7) is 0. The lowest BCUT2D eigenvalue weighted by Crippen LogP contribution is -2.34. The molecule has 3 aliphatic carbocycles. The van der Waals surface area contributed by atoms with Crippen molar-refractivity contribution in [3.8, 4) is 0 Å². The van der Waals surface area contributed by atoms with Crippen molar-refractivity contribution in [2.24, 2.45) is 11.8 Å². The monoisotopic (exact) mass is 506 g/mol. The normalized spacial score (nSPS) is 26.3. The largest absolute Gasteiger partial charge is 0.381 e. The molecule has 37 heavy (non-hydrogen) atoms. The summed E-state index contributed by atoms with van der Waals surface area (Å²) in [4.78, 5) is 33.6. The molecular weight excluding hydrogens is 468 g/mol. The summed E-state index contributed by atoms with van der Waals surface area (Å²) in [6.07, 6.45) is 13.4. The van der Waals surface area contributed by atoms with Gasteiger partial charge in [-0.1, -0.05) is 6.08 Å². The van der Waals surface area contributed by atoms with E-state index >= 15 is 0 Å². The highest BCUT2D eigenvalue weighted by molar-refractivity contribution is 5.94. The third-order valence-corrected chi connectivity index (χ3v) is 8.24. The molecule has 0 spiro atoms. The maximum atomic E-state index is 12.8. The number of rotatable bonds is 7. The number of nitrogens with one attached hydrogen (secondary N) is 3. The van der Waals surface area contributed by atoms with Crippen molar-refractivity contribution in [3.05, 3.63) is 41.9 Å². The lowest BCUT2D eigenvalue weighted by atomic mass is 9.86. The first-order valence-corrected chi connectivity index (χ1v) is 13.6. The average Bonchev–Trinajstić information content (AvgIpc) is 3.37. The van der Waals surface area contributed by atoms with E-state index < -0.39 is 0 Å². The highest BCUT2D eigenvalue weighted by Crippen LogP contribution is 2.30. The van der Waals surface area contributed by atoms with Crippen LogP contribution < -0.4 is 10.6 Å². The molecule has 0 aliphatic heterocycles. The van der Waals surface area contributed by atoms with Crippen LogP contribution in [0.3, 0.4) is 0 Å².